The van der Waals surface area contributed by atoms with E-state index in [-0.39, 0.29) is 24.8 Å². The van der Waals surface area contributed by atoms with Crippen LogP contribution in [0.2, 0.25) is 0 Å². The molecule has 0 aliphatic carbocycles. The third-order valence-corrected chi connectivity index (χ3v) is 4.28. The molecule has 26 heavy (non-hydrogen) atoms. The molecular formula is C19H27N3O4. The summed E-state index contributed by atoms with van der Waals surface area (Å²) in [6, 6.07) is 5.16. The van der Waals surface area contributed by atoms with Crippen LogP contribution < -0.4 is 10.6 Å². The van der Waals surface area contributed by atoms with Gasteiger partial charge in [-0.2, -0.15) is 0 Å². The lowest BCUT2D eigenvalue weighted by Gasteiger charge is -2.33. The maximum Gasteiger partial charge on any atom is 0.307 e. The lowest BCUT2D eigenvalue weighted by atomic mass is 10.1. The lowest BCUT2D eigenvalue weighted by Crippen LogP contribution is -2.57. The zero-order valence-corrected chi connectivity index (χ0v) is 15.6. The second kappa shape index (κ2) is 9.33. The molecule has 142 valence electrons. The summed E-state index contributed by atoms with van der Waals surface area (Å²) >= 11 is 0. The molecule has 0 aromatic heterocycles. The maximum atomic E-state index is 12.5. The number of esters is 1. The van der Waals surface area contributed by atoms with Gasteiger partial charge >= 0.3 is 5.97 Å². The maximum absolute atomic E-state index is 12.5. The average molecular weight is 361 g/mol. The van der Waals surface area contributed by atoms with Gasteiger partial charge in [-0.05, 0) is 37.5 Å². The van der Waals surface area contributed by atoms with Crippen molar-refractivity contribution in [2.24, 2.45) is 0 Å². The van der Waals surface area contributed by atoms with Crippen LogP contribution in [0.4, 0.5) is 5.69 Å². The molecule has 2 amide bonds. The molecule has 2 rings (SSSR count). The standard InChI is InChI=1S/C19H27N3O4/c1-4-9-26-18(24)11-16-19(25)20-7-8-22(16)12-17(23)21-15-10-13(2)5-6-14(15)3/h5-6,10,16H,4,7-9,11-12H2,1-3H3,(H,20,25)(H,21,23). The van der Waals surface area contributed by atoms with E-state index in [1.54, 1.807) is 4.90 Å². The number of aryl methyl sites for hydroxylation is 2. The normalized spacial score (nSPS) is 17.5. The Morgan fingerprint density at radius 2 is 2.12 bits per heavy atom. The molecule has 1 atom stereocenters. The van der Waals surface area contributed by atoms with E-state index in [9.17, 15) is 14.4 Å². The third-order valence-electron chi connectivity index (χ3n) is 4.28. The Labute approximate surface area is 154 Å². The average Bonchev–Trinajstić information content (AvgIpc) is 2.59. The van der Waals surface area contributed by atoms with Gasteiger partial charge in [0.05, 0.1) is 19.6 Å². The molecule has 1 aliphatic rings. The molecule has 0 spiro atoms. The van der Waals surface area contributed by atoms with Gasteiger partial charge < -0.3 is 15.4 Å². The summed E-state index contributed by atoms with van der Waals surface area (Å²) in [5.74, 6) is -0.876. The number of carbonyl (C=O) groups excluding carboxylic acids is 3. The van der Waals surface area contributed by atoms with Crippen LogP contribution in [0.25, 0.3) is 0 Å². The third kappa shape index (κ3) is 5.56. The van der Waals surface area contributed by atoms with Gasteiger partial charge in [0, 0.05) is 18.8 Å². The van der Waals surface area contributed by atoms with Crippen molar-refractivity contribution in [2.75, 3.05) is 31.6 Å². The zero-order chi connectivity index (χ0) is 19.1. The highest BCUT2D eigenvalue weighted by molar-refractivity contribution is 5.94. The number of anilines is 1. The van der Waals surface area contributed by atoms with E-state index in [0.717, 1.165) is 23.2 Å². The Morgan fingerprint density at radius 1 is 1.35 bits per heavy atom. The first-order valence-corrected chi connectivity index (χ1v) is 8.95. The van der Waals surface area contributed by atoms with Crippen molar-refractivity contribution in [3.05, 3.63) is 29.3 Å². The molecule has 1 aliphatic heterocycles. The molecule has 7 heteroatoms. The fourth-order valence-electron chi connectivity index (χ4n) is 2.85. The van der Waals surface area contributed by atoms with E-state index in [1.165, 1.54) is 0 Å². The van der Waals surface area contributed by atoms with Crippen LogP contribution in [0.1, 0.15) is 30.9 Å². The van der Waals surface area contributed by atoms with E-state index in [1.807, 2.05) is 39.0 Å². The molecule has 1 unspecified atom stereocenters. The van der Waals surface area contributed by atoms with Gasteiger partial charge in [-0.3, -0.25) is 19.3 Å². The molecule has 1 aromatic carbocycles. The molecular weight excluding hydrogens is 334 g/mol. The monoisotopic (exact) mass is 361 g/mol. The highest BCUT2D eigenvalue weighted by Gasteiger charge is 2.33. The fraction of sp³-hybridized carbons (Fsp3) is 0.526. The van der Waals surface area contributed by atoms with Gasteiger partial charge in [0.25, 0.3) is 0 Å². The van der Waals surface area contributed by atoms with Crippen LogP contribution in [0, 0.1) is 13.8 Å². The smallest absolute Gasteiger partial charge is 0.307 e. The molecule has 7 nitrogen and oxygen atoms in total. The lowest BCUT2D eigenvalue weighted by molar-refractivity contribution is -0.148. The van der Waals surface area contributed by atoms with E-state index >= 15 is 0 Å². The van der Waals surface area contributed by atoms with E-state index in [4.69, 9.17) is 4.74 Å². The fourth-order valence-corrected chi connectivity index (χ4v) is 2.85. The highest BCUT2D eigenvalue weighted by Crippen LogP contribution is 2.17. The predicted molar refractivity (Wildman–Crippen MR) is 98.8 cm³/mol. The Bertz CT molecular complexity index is 675. The van der Waals surface area contributed by atoms with Crippen molar-refractivity contribution in [1.29, 1.82) is 0 Å². The van der Waals surface area contributed by atoms with Crippen molar-refractivity contribution in [2.45, 2.75) is 39.7 Å². The second-order valence-electron chi connectivity index (χ2n) is 6.57. The quantitative estimate of drug-likeness (QED) is 0.717. The van der Waals surface area contributed by atoms with Crippen LogP contribution in [-0.4, -0.2) is 55.0 Å². The predicted octanol–water partition coefficient (Wildman–Crippen LogP) is 1.39. The van der Waals surface area contributed by atoms with Crippen molar-refractivity contribution in [3.8, 4) is 0 Å². The molecule has 1 saturated heterocycles. The van der Waals surface area contributed by atoms with E-state index in [0.29, 0.717) is 19.7 Å². The van der Waals surface area contributed by atoms with Gasteiger partial charge in [0.15, 0.2) is 0 Å². The first kappa shape index (κ1) is 19.9. The van der Waals surface area contributed by atoms with Crippen LogP contribution in [0.5, 0.6) is 0 Å². The Balaban J connectivity index is 1.99. The first-order chi connectivity index (χ1) is 12.4. The molecule has 0 radical (unpaired) electrons. The van der Waals surface area contributed by atoms with Crippen LogP contribution >= 0.6 is 0 Å². The molecule has 1 fully saturated rings. The van der Waals surface area contributed by atoms with Crippen molar-refractivity contribution >= 4 is 23.5 Å². The number of amides is 2. The van der Waals surface area contributed by atoms with Gasteiger partial charge in [-0.15, -0.1) is 0 Å². The number of ether oxygens (including phenoxy) is 1. The number of hydrogen-bond acceptors (Lipinski definition) is 5. The summed E-state index contributed by atoms with van der Waals surface area (Å²) in [6.07, 6.45) is 0.674. The summed E-state index contributed by atoms with van der Waals surface area (Å²) in [7, 11) is 0. The van der Waals surface area contributed by atoms with Gasteiger partial charge in [0.1, 0.15) is 6.04 Å². The number of benzene rings is 1. The molecule has 2 N–H and O–H groups in total. The molecule has 0 bridgehead atoms. The number of carbonyl (C=O) groups is 3. The van der Waals surface area contributed by atoms with Crippen molar-refractivity contribution in [3.63, 3.8) is 0 Å². The number of nitrogens with zero attached hydrogens (tertiary/aromatic N) is 1. The minimum Gasteiger partial charge on any atom is -0.466 e. The van der Waals surface area contributed by atoms with Gasteiger partial charge in [0.2, 0.25) is 11.8 Å². The van der Waals surface area contributed by atoms with Crippen LogP contribution in [-0.2, 0) is 19.1 Å². The van der Waals surface area contributed by atoms with E-state index < -0.39 is 12.0 Å². The molecule has 0 saturated carbocycles. The Hall–Kier alpha value is -2.41. The zero-order valence-electron chi connectivity index (χ0n) is 15.6. The number of nitrogens with one attached hydrogen (secondary N) is 2. The molecule has 1 aromatic rings. The number of piperazine rings is 1. The van der Waals surface area contributed by atoms with Crippen LogP contribution in [0.15, 0.2) is 18.2 Å². The van der Waals surface area contributed by atoms with Gasteiger partial charge in [-0.1, -0.05) is 19.1 Å². The van der Waals surface area contributed by atoms with Crippen molar-refractivity contribution in [1.82, 2.24) is 10.2 Å². The summed E-state index contributed by atoms with van der Waals surface area (Å²) in [4.78, 5) is 38.2. The Kier molecular flexibility index (Phi) is 7.15. The Morgan fingerprint density at radius 3 is 2.85 bits per heavy atom. The largest absolute Gasteiger partial charge is 0.466 e. The minimum absolute atomic E-state index is 0.0481. The summed E-state index contributed by atoms with van der Waals surface area (Å²) in [5.41, 5.74) is 2.79. The highest BCUT2D eigenvalue weighted by atomic mass is 16.5. The summed E-state index contributed by atoms with van der Waals surface area (Å²) in [6.45, 7) is 7.14. The minimum atomic E-state index is -0.683. The SMILES string of the molecule is CCCOC(=O)CC1C(=O)NCCN1CC(=O)Nc1cc(C)ccc1C. The topological polar surface area (TPSA) is 87.7 Å². The summed E-state index contributed by atoms with van der Waals surface area (Å²) < 4.78 is 5.07. The van der Waals surface area contributed by atoms with Crippen molar-refractivity contribution < 1.29 is 19.1 Å². The number of rotatable bonds is 7. The summed E-state index contributed by atoms with van der Waals surface area (Å²) in [5, 5.41) is 5.64. The second-order valence-corrected chi connectivity index (χ2v) is 6.57. The van der Waals surface area contributed by atoms with Gasteiger partial charge in [-0.25, -0.2) is 0 Å². The first-order valence-electron chi connectivity index (χ1n) is 8.95. The van der Waals surface area contributed by atoms with Crippen LogP contribution in [0.3, 0.4) is 0 Å². The number of hydrogen-bond donors (Lipinski definition) is 2. The van der Waals surface area contributed by atoms with E-state index in [2.05, 4.69) is 10.6 Å². The molecule has 1 heterocycles.